The van der Waals surface area contributed by atoms with Crippen LogP contribution in [0.1, 0.15) is 28.8 Å². The molecule has 0 atom stereocenters. The van der Waals surface area contributed by atoms with Crippen LogP contribution in [0.3, 0.4) is 0 Å². The maximum Gasteiger partial charge on any atom is 0.420 e. The zero-order valence-corrected chi connectivity index (χ0v) is 22.6. The first-order chi connectivity index (χ1) is 18.2. The number of carbonyl (C=O) groups excluding carboxylic acids is 1. The van der Waals surface area contributed by atoms with Gasteiger partial charge < -0.3 is 14.8 Å². The fourth-order valence-electron chi connectivity index (χ4n) is 4.09. The molecule has 2 aromatic heterocycles. The van der Waals surface area contributed by atoms with Gasteiger partial charge in [-0.3, -0.25) is 4.79 Å². The van der Waals surface area contributed by atoms with Gasteiger partial charge in [-0.1, -0.05) is 11.6 Å². The zero-order valence-electron chi connectivity index (χ0n) is 21.0. The van der Waals surface area contributed by atoms with Gasteiger partial charge in [0.05, 0.1) is 17.5 Å². The van der Waals surface area contributed by atoms with Crippen molar-refractivity contribution in [2.75, 3.05) is 38.8 Å². The van der Waals surface area contributed by atoms with Crippen molar-refractivity contribution in [3.8, 4) is 17.1 Å². The highest BCUT2D eigenvalue weighted by Crippen LogP contribution is 2.36. The van der Waals surface area contributed by atoms with E-state index < -0.39 is 44.2 Å². The van der Waals surface area contributed by atoms with E-state index in [0.717, 1.165) is 12.6 Å². The molecule has 3 heterocycles. The molecule has 0 spiro atoms. The van der Waals surface area contributed by atoms with Crippen molar-refractivity contribution < 1.29 is 30.8 Å². The molecule has 0 bridgehead atoms. The summed E-state index contributed by atoms with van der Waals surface area (Å²) in [7, 11) is -0.433. The van der Waals surface area contributed by atoms with E-state index >= 15 is 0 Å². The van der Waals surface area contributed by atoms with Crippen LogP contribution in [0.15, 0.2) is 30.9 Å². The first-order valence-electron chi connectivity index (χ1n) is 11.6. The third-order valence-corrected chi connectivity index (χ3v) is 7.81. The Kier molecular flexibility index (Phi) is 7.87. The van der Waals surface area contributed by atoms with E-state index in [-0.39, 0.29) is 42.0 Å². The Morgan fingerprint density at radius 1 is 1.18 bits per heavy atom. The van der Waals surface area contributed by atoms with Gasteiger partial charge >= 0.3 is 6.18 Å². The van der Waals surface area contributed by atoms with E-state index in [9.17, 15) is 30.8 Å². The molecule has 0 unspecified atom stereocenters. The van der Waals surface area contributed by atoms with Gasteiger partial charge in [0.1, 0.15) is 28.3 Å². The number of halogens is 5. The Morgan fingerprint density at radius 2 is 1.85 bits per heavy atom. The fourth-order valence-corrected chi connectivity index (χ4v) is 5.23. The van der Waals surface area contributed by atoms with E-state index in [4.69, 9.17) is 11.6 Å². The third-order valence-electron chi connectivity index (χ3n) is 6.15. The Balaban J connectivity index is 1.64. The van der Waals surface area contributed by atoms with Gasteiger partial charge in [0.2, 0.25) is 16.0 Å². The molecule has 1 aliphatic heterocycles. The number of rotatable bonds is 6. The number of amides is 1. The largest absolute Gasteiger partial charge is 0.420 e. The van der Waals surface area contributed by atoms with Gasteiger partial charge in [-0.15, -0.1) is 0 Å². The molecule has 0 aliphatic carbocycles. The number of benzene rings is 1. The molecule has 210 valence electrons. The van der Waals surface area contributed by atoms with Crippen LogP contribution in [0.4, 0.5) is 23.5 Å². The van der Waals surface area contributed by atoms with Crippen LogP contribution < -0.4 is 5.32 Å². The van der Waals surface area contributed by atoms with E-state index in [1.165, 1.54) is 46.2 Å². The molecule has 4 rings (SSSR count). The molecule has 3 aromatic rings. The summed E-state index contributed by atoms with van der Waals surface area (Å²) in [6.07, 6.45) is 0.153. The second-order valence-corrected chi connectivity index (χ2v) is 11.5. The summed E-state index contributed by atoms with van der Waals surface area (Å²) < 4.78 is 82.3. The van der Waals surface area contributed by atoms with Crippen LogP contribution in [-0.2, 0) is 16.2 Å². The molecule has 1 aliphatic rings. The number of hydrogen-bond acceptors (Lipinski definition) is 7. The van der Waals surface area contributed by atoms with Crippen LogP contribution in [0.25, 0.3) is 17.1 Å². The third kappa shape index (κ3) is 6.15. The summed E-state index contributed by atoms with van der Waals surface area (Å²) in [6.45, 7) is 0.509. The molecule has 1 N–H and O–H groups in total. The van der Waals surface area contributed by atoms with Crippen LogP contribution in [0.2, 0.25) is 5.02 Å². The summed E-state index contributed by atoms with van der Waals surface area (Å²) in [5.41, 5.74) is -2.02. The highest BCUT2D eigenvalue weighted by Gasteiger charge is 2.36. The van der Waals surface area contributed by atoms with Crippen LogP contribution in [0.5, 0.6) is 0 Å². The van der Waals surface area contributed by atoms with Crippen LogP contribution in [0, 0.1) is 5.82 Å². The Labute approximate surface area is 226 Å². The Hall–Kier alpha value is -3.30. The van der Waals surface area contributed by atoms with Crippen molar-refractivity contribution in [1.82, 2.24) is 28.7 Å². The maximum absolute atomic E-state index is 14.8. The molecular formula is C23H24ClF4N7O3S. The van der Waals surface area contributed by atoms with Crippen molar-refractivity contribution in [2.45, 2.75) is 25.1 Å². The highest BCUT2D eigenvalue weighted by atomic mass is 35.5. The molecule has 39 heavy (non-hydrogen) atoms. The topological polar surface area (TPSA) is 113 Å². The number of alkyl halides is 3. The minimum Gasteiger partial charge on any atom is -0.351 e. The van der Waals surface area contributed by atoms with Gasteiger partial charge in [0.25, 0.3) is 5.91 Å². The smallest absolute Gasteiger partial charge is 0.351 e. The van der Waals surface area contributed by atoms with Crippen LogP contribution >= 0.6 is 11.6 Å². The van der Waals surface area contributed by atoms with Crippen molar-refractivity contribution in [1.29, 1.82) is 0 Å². The first kappa shape index (κ1) is 28.7. The first-order valence-corrected chi connectivity index (χ1v) is 13.8. The molecule has 1 fully saturated rings. The monoisotopic (exact) mass is 589 g/mol. The van der Waals surface area contributed by atoms with Gasteiger partial charge in [-0.25, -0.2) is 32.1 Å². The number of piperidine rings is 1. The second-order valence-electron chi connectivity index (χ2n) is 9.16. The molecule has 0 saturated carbocycles. The number of anilines is 1. The molecule has 0 radical (unpaired) electrons. The van der Waals surface area contributed by atoms with E-state index in [0.29, 0.717) is 19.0 Å². The molecule has 16 heteroatoms. The minimum absolute atomic E-state index is 0.0572. The number of carbonyl (C=O) groups is 1. The number of hydrogen-bond donors (Lipinski definition) is 1. The number of nitrogens with one attached hydrogen (secondary N) is 1. The Bertz CT molecular complexity index is 1500. The zero-order chi connectivity index (χ0) is 28.7. The highest BCUT2D eigenvalue weighted by molar-refractivity contribution is 7.88. The molecule has 1 amide bonds. The molecule has 1 saturated heterocycles. The lowest BCUT2D eigenvalue weighted by molar-refractivity contribution is -0.137. The van der Waals surface area contributed by atoms with Gasteiger partial charge in [0, 0.05) is 45.6 Å². The average Bonchev–Trinajstić information content (AvgIpc) is 3.34. The minimum atomic E-state index is -4.80. The fraction of sp³-hybridized carbons (Fsp3) is 0.391. The number of sulfonamides is 1. The van der Waals surface area contributed by atoms with E-state index in [1.807, 2.05) is 0 Å². The second kappa shape index (κ2) is 10.7. The van der Waals surface area contributed by atoms with E-state index in [2.05, 4.69) is 20.3 Å². The number of aromatic nitrogens is 4. The Morgan fingerprint density at radius 3 is 2.44 bits per heavy atom. The van der Waals surface area contributed by atoms with Gasteiger partial charge in [-0.05, 0) is 25.0 Å². The van der Waals surface area contributed by atoms with Gasteiger partial charge in [-0.2, -0.15) is 13.2 Å². The molecule has 1 aromatic carbocycles. The number of imidazole rings is 1. The summed E-state index contributed by atoms with van der Waals surface area (Å²) >= 11 is 6.16. The lowest BCUT2D eigenvalue weighted by atomic mass is 10.1. The predicted molar refractivity (Wildman–Crippen MR) is 136 cm³/mol. The van der Waals surface area contributed by atoms with Crippen LogP contribution in [-0.4, -0.2) is 82.5 Å². The standard InChI is InChI=1S/C23H24ClF4N7O3S/c1-33(2)21(36)14-4-5-17(18(24)19(14)25)34-11-16(30-12-34)20-15(23(26,27)28)10-29-22(32-20)31-13-6-8-35(9-7-13)39(3,37)38/h4-5,10-13H,6-9H2,1-3H3,(H,29,31,32). The van der Waals surface area contributed by atoms with Crippen molar-refractivity contribution in [3.05, 3.63) is 52.8 Å². The number of nitrogens with zero attached hydrogens (tertiary/aromatic N) is 6. The molecule has 10 nitrogen and oxygen atoms in total. The SMILES string of the molecule is CN(C)C(=O)c1ccc(-n2cnc(-c3nc(NC4CCN(S(C)(=O)=O)CC4)ncc3C(F)(F)F)c2)c(Cl)c1F. The molecular weight excluding hydrogens is 566 g/mol. The van der Waals surface area contributed by atoms with E-state index in [1.54, 1.807) is 0 Å². The van der Waals surface area contributed by atoms with Crippen molar-refractivity contribution >= 4 is 33.5 Å². The summed E-state index contributed by atoms with van der Waals surface area (Å²) in [6, 6.07) is 2.32. The maximum atomic E-state index is 14.8. The summed E-state index contributed by atoms with van der Waals surface area (Å²) in [5, 5.41) is 2.56. The lowest BCUT2D eigenvalue weighted by Crippen LogP contribution is -2.42. The average molecular weight is 590 g/mol. The quantitative estimate of drug-likeness (QED) is 0.437. The summed E-state index contributed by atoms with van der Waals surface area (Å²) in [4.78, 5) is 25.3. The van der Waals surface area contributed by atoms with Gasteiger partial charge in [0.15, 0.2) is 5.82 Å². The lowest BCUT2D eigenvalue weighted by Gasteiger charge is -2.30. The normalized spacial score (nSPS) is 15.4. The summed E-state index contributed by atoms with van der Waals surface area (Å²) in [5.74, 6) is -1.67. The predicted octanol–water partition coefficient (Wildman–Crippen LogP) is 3.68. The van der Waals surface area contributed by atoms with Crippen molar-refractivity contribution in [2.24, 2.45) is 0 Å². The van der Waals surface area contributed by atoms with Crippen molar-refractivity contribution in [3.63, 3.8) is 0 Å².